The van der Waals surface area contributed by atoms with Crippen molar-refractivity contribution in [1.82, 2.24) is 5.32 Å². The second-order valence-electron chi connectivity index (χ2n) is 6.96. The van der Waals surface area contributed by atoms with Crippen LogP contribution < -0.4 is 5.32 Å². The molecule has 3 rings (SSSR count). The Hall–Kier alpha value is -0.570. The summed E-state index contributed by atoms with van der Waals surface area (Å²) in [6.45, 7) is 0.245. The largest absolute Gasteiger partial charge is 0.396 e. The van der Waals surface area contributed by atoms with Gasteiger partial charge in [-0.25, -0.2) is 0 Å². The Morgan fingerprint density at radius 1 is 1.11 bits per heavy atom. The molecule has 0 aromatic heterocycles. The first-order valence-electron chi connectivity index (χ1n) is 8.18. The van der Waals surface area contributed by atoms with Crippen LogP contribution in [-0.2, 0) is 4.79 Å². The van der Waals surface area contributed by atoms with Gasteiger partial charge in [0.2, 0.25) is 5.91 Å². The lowest BCUT2D eigenvalue weighted by Gasteiger charge is -2.30. The number of aliphatic hydroxyl groups is 1. The fourth-order valence-electron chi connectivity index (χ4n) is 4.79. The normalized spacial score (nSPS) is 37.9. The molecule has 0 heterocycles. The molecule has 3 aliphatic rings. The van der Waals surface area contributed by atoms with Crippen LogP contribution in [0.3, 0.4) is 0 Å². The van der Waals surface area contributed by atoms with Gasteiger partial charge in [0, 0.05) is 25.0 Å². The predicted octanol–water partition coefficient (Wildman–Crippen LogP) is 2.48. The minimum atomic E-state index is 0.225. The maximum atomic E-state index is 12.1. The lowest BCUT2D eigenvalue weighted by Crippen LogP contribution is -2.45. The molecule has 3 aliphatic carbocycles. The van der Waals surface area contributed by atoms with Crippen LogP contribution in [0.4, 0.5) is 0 Å². The van der Waals surface area contributed by atoms with E-state index in [1.54, 1.807) is 0 Å². The summed E-state index contributed by atoms with van der Waals surface area (Å²) in [4.78, 5) is 12.1. The Balaban J connectivity index is 1.46. The van der Waals surface area contributed by atoms with Gasteiger partial charge in [-0.2, -0.15) is 0 Å². The van der Waals surface area contributed by atoms with Crippen molar-refractivity contribution in [1.29, 1.82) is 0 Å². The average molecular weight is 265 g/mol. The highest BCUT2D eigenvalue weighted by molar-refractivity contribution is 5.76. The molecular formula is C16H27NO2. The highest BCUT2D eigenvalue weighted by Gasteiger charge is 2.47. The van der Waals surface area contributed by atoms with Gasteiger partial charge in [-0.3, -0.25) is 4.79 Å². The highest BCUT2D eigenvalue weighted by Crippen LogP contribution is 2.48. The van der Waals surface area contributed by atoms with Gasteiger partial charge in [-0.05, 0) is 43.4 Å². The van der Waals surface area contributed by atoms with E-state index in [1.165, 1.54) is 44.9 Å². The van der Waals surface area contributed by atoms with Gasteiger partial charge in [0.15, 0.2) is 0 Å². The third-order valence-electron chi connectivity index (χ3n) is 5.88. The molecule has 3 heteroatoms. The quantitative estimate of drug-likeness (QED) is 0.802. The average Bonchev–Trinajstić information content (AvgIpc) is 3.13. The number of aliphatic hydroxyl groups excluding tert-OH is 1. The zero-order valence-corrected chi connectivity index (χ0v) is 11.8. The monoisotopic (exact) mass is 265 g/mol. The molecule has 0 radical (unpaired) electrons. The van der Waals surface area contributed by atoms with E-state index in [4.69, 9.17) is 0 Å². The Morgan fingerprint density at radius 2 is 1.84 bits per heavy atom. The maximum absolute atomic E-state index is 12.1. The molecule has 19 heavy (non-hydrogen) atoms. The van der Waals surface area contributed by atoms with Crippen molar-refractivity contribution in [3.8, 4) is 0 Å². The molecule has 4 unspecified atom stereocenters. The number of carbonyl (C=O) groups is 1. The van der Waals surface area contributed by atoms with Crippen LogP contribution in [0.15, 0.2) is 0 Å². The topological polar surface area (TPSA) is 49.3 Å². The molecule has 2 N–H and O–H groups in total. The van der Waals surface area contributed by atoms with E-state index in [1.807, 2.05) is 0 Å². The minimum Gasteiger partial charge on any atom is -0.396 e. The van der Waals surface area contributed by atoms with Crippen molar-refractivity contribution in [2.75, 3.05) is 6.61 Å². The fourth-order valence-corrected chi connectivity index (χ4v) is 4.79. The summed E-state index contributed by atoms with van der Waals surface area (Å²) in [5, 5.41) is 12.8. The van der Waals surface area contributed by atoms with Crippen LogP contribution in [-0.4, -0.2) is 23.7 Å². The van der Waals surface area contributed by atoms with Gasteiger partial charge >= 0.3 is 0 Å². The van der Waals surface area contributed by atoms with Gasteiger partial charge in [-0.1, -0.05) is 25.7 Å². The third-order valence-corrected chi connectivity index (χ3v) is 5.88. The number of nitrogens with one attached hydrogen (secondary N) is 1. The summed E-state index contributed by atoms with van der Waals surface area (Å²) < 4.78 is 0. The van der Waals surface area contributed by atoms with Crippen molar-refractivity contribution >= 4 is 5.91 Å². The van der Waals surface area contributed by atoms with Gasteiger partial charge in [0.1, 0.15) is 0 Å². The lowest BCUT2D eigenvalue weighted by molar-refractivity contribution is -0.123. The number of carbonyl (C=O) groups excluding carboxylic acids is 1. The fraction of sp³-hybridized carbons (Fsp3) is 0.938. The molecule has 0 spiro atoms. The highest BCUT2D eigenvalue weighted by atomic mass is 16.3. The predicted molar refractivity (Wildman–Crippen MR) is 74.5 cm³/mol. The summed E-state index contributed by atoms with van der Waals surface area (Å²) in [5.41, 5.74) is 0. The van der Waals surface area contributed by atoms with Crippen LogP contribution in [0.5, 0.6) is 0 Å². The van der Waals surface area contributed by atoms with Crippen LogP contribution in [0.1, 0.15) is 57.8 Å². The summed E-state index contributed by atoms with van der Waals surface area (Å²) >= 11 is 0. The van der Waals surface area contributed by atoms with Gasteiger partial charge in [0.05, 0.1) is 0 Å². The van der Waals surface area contributed by atoms with Crippen LogP contribution in [0.25, 0.3) is 0 Å². The number of rotatable bonds is 5. The zero-order valence-electron chi connectivity index (χ0n) is 11.8. The molecule has 3 fully saturated rings. The number of fused-ring (bicyclic) bond motifs is 2. The first-order valence-corrected chi connectivity index (χ1v) is 8.18. The summed E-state index contributed by atoms with van der Waals surface area (Å²) in [6, 6.07) is 0.264. The minimum absolute atomic E-state index is 0.225. The second kappa shape index (κ2) is 5.82. The molecule has 4 atom stereocenters. The van der Waals surface area contributed by atoms with Crippen molar-refractivity contribution in [3.63, 3.8) is 0 Å². The van der Waals surface area contributed by atoms with Crippen LogP contribution >= 0.6 is 0 Å². The van der Waals surface area contributed by atoms with Crippen molar-refractivity contribution in [2.45, 2.75) is 63.8 Å². The molecule has 0 aliphatic heterocycles. The molecule has 3 nitrogen and oxygen atoms in total. The van der Waals surface area contributed by atoms with Gasteiger partial charge in [-0.15, -0.1) is 0 Å². The van der Waals surface area contributed by atoms with E-state index in [9.17, 15) is 9.90 Å². The van der Waals surface area contributed by atoms with E-state index in [0.717, 1.165) is 12.3 Å². The molecule has 2 bridgehead atoms. The SMILES string of the molecule is O=C(CCC1CCCC1)NC1C2CCC(C2)C1CO. The molecular weight excluding hydrogens is 238 g/mol. The van der Waals surface area contributed by atoms with E-state index < -0.39 is 0 Å². The van der Waals surface area contributed by atoms with E-state index in [-0.39, 0.29) is 18.6 Å². The summed E-state index contributed by atoms with van der Waals surface area (Å²) in [7, 11) is 0. The first-order chi connectivity index (χ1) is 9.28. The van der Waals surface area contributed by atoms with Crippen molar-refractivity contribution in [3.05, 3.63) is 0 Å². The molecule has 1 amide bonds. The van der Waals surface area contributed by atoms with E-state index in [2.05, 4.69) is 5.32 Å². The van der Waals surface area contributed by atoms with E-state index >= 15 is 0 Å². The van der Waals surface area contributed by atoms with Gasteiger partial charge in [0.25, 0.3) is 0 Å². The van der Waals surface area contributed by atoms with Crippen LogP contribution in [0, 0.1) is 23.7 Å². The summed E-state index contributed by atoms with van der Waals surface area (Å²) in [5.74, 6) is 2.64. The molecule has 108 valence electrons. The van der Waals surface area contributed by atoms with Crippen molar-refractivity contribution < 1.29 is 9.90 Å². The second-order valence-corrected chi connectivity index (χ2v) is 6.96. The van der Waals surface area contributed by atoms with E-state index in [0.29, 0.717) is 24.2 Å². The molecule has 3 saturated carbocycles. The maximum Gasteiger partial charge on any atom is 0.220 e. The van der Waals surface area contributed by atoms with Gasteiger partial charge < -0.3 is 10.4 Å². The first kappa shape index (κ1) is 13.4. The number of hydrogen-bond donors (Lipinski definition) is 2. The zero-order chi connectivity index (χ0) is 13.2. The number of hydrogen-bond acceptors (Lipinski definition) is 2. The Bertz CT molecular complexity index is 325. The molecule has 0 saturated heterocycles. The Morgan fingerprint density at radius 3 is 2.58 bits per heavy atom. The third kappa shape index (κ3) is 2.81. The molecule has 0 aromatic carbocycles. The molecule has 0 aromatic rings. The Labute approximate surface area is 116 Å². The number of amides is 1. The Kier molecular flexibility index (Phi) is 4.11. The smallest absolute Gasteiger partial charge is 0.220 e. The van der Waals surface area contributed by atoms with Crippen molar-refractivity contribution in [2.24, 2.45) is 23.7 Å². The summed E-state index contributed by atoms with van der Waals surface area (Å²) in [6.07, 6.45) is 10.8. The standard InChI is InChI=1S/C16H27NO2/c18-10-14-12-6-7-13(9-12)16(14)17-15(19)8-5-11-3-1-2-4-11/h11-14,16,18H,1-10H2,(H,17,19). The lowest BCUT2D eigenvalue weighted by atomic mass is 9.85. The van der Waals surface area contributed by atoms with Crippen LogP contribution in [0.2, 0.25) is 0 Å².